The van der Waals surface area contributed by atoms with Crippen LogP contribution in [0.1, 0.15) is 48.5 Å². The number of rotatable bonds is 7. The van der Waals surface area contributed by atoms with Crippen molar-refractivity contribution in [1.82, 2.24) is 10.4 Å². The van der Waals surface area contributed by atoms with E-state index in [0.29, 0.717) is 17.7 Å². The number of hydrogen-bond donors (Lipinski definition) is 1. The van der Waals surface area contributed by atoms with Crippen LogP contribution in [0.25, 0.3) is 5.57 Å². The Kier molecular flexibility index (Phi) is 7.31. The first kappa shape index (κ1) is 23.7. The number of halogens is 1. The van der Waals surface area contributed by atoms with Gasteiger partial charge in [-0.2, -0.15) is 5.01 Å². The van der Waals surface area contributed by atoms with Crippen LogP contribution in [0, 0.1) is 0 Å². The first-order valence-corrected chi connectivity index (χ1v) is 12.7. The van der Waals surface area contributed by atoms with E-state index in [1.54, 1.807) is 29.2 Å². The zero-order valence-electron chi connectivity index (χ0n) is 18.0. The molecule has 1 saturated heterocycles. The number of fused-ring (bicyclic) bond motifs is 1. The SMILES string of the molecule is CCCCCCN1C(=O)/C(=C2\SC(=S)N(NC(=O)c3ccc(Br)cc3)C2=O)c2ccccc21. The van der Waals surface area contributed by atoms with Gasteiger partial charge in [0, 0.05) is 22.1 Å². The maximum absolute atomic E-state index is 13.4. The van der Waals surface area contributed by atoms with Gasteiger partial charge in [0.25, 0.3) is 17.7 Å². The van der Waals surface area contributed by atoms with Crippen LogP contribution < -0.4 is 10.3 Å². The van der Waals surface area contributed by atoms with Gasteiger partial charge in [-0.15, -0.1) is 0 Å². The van der Waals surface area contributed by atoms with Gasteiger partial charge < -0.3 is 4.90 Å². The summed E-state index contributed by atoms with van der Waals surface area (Å²) in [5.74, 6) is -1.16. The summed E-state index contributed by atoms with van der Waals surface area (Å²) in [6, 6.07) is 14.2. The molecule has 3 amide bonds. The molecule has 6 nitrogen and oxygen atoms in total. The fourth-order valence-electron chi connectivity index (χ4n) is 3.80. The number of hydrazine groups is 1. The fourth-order valence-corrected chi connectivity index (χ4v) is 5.32. The molecule has 1 N–H and O–H groups in total. The Morgan fingerprint density at radius 2 is 1.76 bits per heavy atom. The molecular formula is C24H22BrN3O3S2. The topological polar surface area (TPSA) is 69.7 Å². The third kappa shape index (κ3) is 4.76. The quantitative estimate of drug-likeness (QED) is 0.292. The highest BCUT2D eigenvalue weighted by Gasteiger charge is 2.42. The Balaban J connectivity index is 1.60. The standard InChI is InChI=1S/C24H22BrN3O3S2/c1-2-3-4-7-14-27-18-9-6-5-8-17(18)19(22(27)30)20-23(31)28(24(32)33-20)26-21(29)15-10-12-16(25)13-11-15/h5-6,8-13H,2-4,7,14H2,1H3,(H,26,29)/b20-19-. The molecule has 0 unspecified atom stereocenters. The average molecular weight is 544 g/mol. The number of thioether (sulfide) groups is 1. The fraction of sp³-hybridized carbons (Fsp3) is 0.250. The van der Waals surface area contributed by atoms with Crippen LogP contribution >= 0.6 is 39.9 Å². The number of thiocarbonyl (C=S) groups is 1. The van der Waals surface area contributed by atoms with E-state index in [9.17, 15) is 14.4 Å². The molecule has 1 fully saturated rings. The number of anilines is 1. The minimum Gasteiger partial charge on any atom is -0.308 e. The van der Waals surface area contributed by atoms with Crippen molar-refractivity contribution in [2.24, 2.45) is 0 Å². The molecular weight excluding hydrogens is 522 g/mol. The van der Waals surface area contributed by atoms with Crippen LogP contribution in [0.4, 0.5) is 5.69 Å². The Morgan fingerprint density at radius 1 is 1.03 bits per heavy atom. The minimum atomic E-state index is -0.499. The highest BCUT2D eigenvalue weighted by molar-refractivity contribution is 9.10. The van der Waals surface area contributed by atoms with E-state index in [1.165, 1.54) is 0 Å². The molecule has 0 bridgehead atoms. The van der Waals surface area contributed by atoms with E-state index < -0.39 is 11.8 Å². The third-order valence-electron chi connectivity index (χ3n) is 5.47. The molecule has 2 aliphatic heterocycles. The van der Waals surface area contributed by atoms with Crippen molar-refractivity contribution in [2.75, 3.05) is 11.4 Å². The van der Waals surface area contributed by atoms with E-state index in [1.807, 2.05) is 24.3 Å². The van der Waals surface area contributed by atoms with Crippen molar-refractivity contribution in [2.45, 2.75) is 32.6 Å². The van der Waals surface area contributed by atoms with E-state index in [2.05, 4.69) is 28.3 Å². The largest absolute Gasteiger partial charge is 0.308 e. The van der Waals surface area contributed by atoms with Gasteiger partial charge in [0.05, 0.1) is 16.2 Å². The van der Waals surface area contributed by atoms with Crippen LogP contribution in [0.2, 0.25) is 0 Å². The predicted octanol–water partition coefficient (Wildman–Crippen LogP) is 5.29. The monoisotopic (exact) mass is 543 g/mol. The second-order valence-corrected chi connectivity index (χ2v) is 10.3. The number of carbonyl (C=O) groups is 3. The summed E-state index contributed by atoms with van der Waals surface area (Å²) in [5, 5.41) is 1.05. The molecule has 4 rings (SSSR count). The van der Waals surface area contributed by atoms with Gasteiger partial charge in [-0.1, -0.05) is 72.1 Å². The van der Waals surface area contributed by atoms with E-state index in [4.69, 9.17) is 12.2 Å². The van der Waals surface area contributed by atoms with Gasteiger partial charge in [-0.3, -0.25) is 19.8 Å². The molecule has 0 aliphatic carbocycles. The van der Waals surface area contributed by atoms with Crippen LogP contribution in [0.15, 0.2) is 57.9 Å². The lowest BCUT2D eigenvalue weighted by molar-refractivity contribution is -0.124. The number of nitrogens with one attached hydrogen (secondary N) is 1. The number of amides is 3. The maximum Gasteiger partial charge on any atom is 0.286 e. The molecule has 0 radical (unpaired) electrons. The lowest BCUT2D eigenvalue weighted by atomic mass is 10.1. The number of hydrogen-bond acceptors (Lipinski definition) is 5. The molecule has 2 aromatic carbocycles. The third-order valence-corrected chi connectivity index (χ3v) is 7.38. The van der Waals surface area contributed by atoms with Crippen LogP contribution in [0.5, 0.6) is 0 Å². The average Bonchev–Trinajstić information content (AvgIpc) is 3.24. The van der Waals surface area contributed by atoms with Gasteiger partial charge in [-0.05, 0) is 49.0 Å². The minimum absolute atomic E-state index is 0.180. The smallest absolute Gasteiger partial charge is 0.286 e. The number of para-hydroxylation sites is 1. The second kappa shape index (κ2) is 10.2. The Labute approximate surface area is 210 Å². The van der Waals surface area contributed by atoms with Gasteiger partial charge >= 0.3 is 0 Å². The molecule has 2 aromatic rings. The summed E-state index contributed by atoms with van der Waals surface area (Å²) < 4.78 is 1.02. The van der Waals surface area contributed by atoms with E-state index in [-0.39, 0.29) is 15.1 Å². The van der Waals surface area contributed by atoms with Crippen LogP contribution in [0.3, 0.4) is 0 Å². The summed E-state index contributed by atoms with van der Waals surface area (Å²) in [6.07, 6.45) is 4.17. The molecule has 2 heterocycles. The normalized spacial score (nSPS) is 17.7. The lowest BCUT2D eigenvalue weighted by Gasteiger charge is -2.17. The Bertz CT molecular complexity index is 1160. The maximum atomic E-state index is 13.4. The van der Waals surface area contributed by atoms with Gasteiger partial charge in [0.2, 0.25) is 0 Å². The molecule has 0 spiro atoms. The Morgan fingerprint density at radius 3 is 2.48 bits per heavy atom. The van der Waals surface area contributed by atoms with Gasteiger partial charge in [0.1, 0.15) is 0 Å². The number of unbranched alkanes of at least 4 members (excludes halogenated alkanes) is 3. The van der Waals surface area contributed by atoms with E-state index >= 15 is 0 Å². The number of nitrogens with zero attached hydrogens (tertiary/aromatic N) is 2. The van der Waals surface area contributed by atoms with Crippen molar-refractivity contribution in [3.63, 3.8) is 0 Å². The lowest BCUT2D eigenvalue weighted by Crippen LogP contribution is -2.45. The number of carbonyl (C=O) groups excluding carboxylic acids is 3. The summed E-state index contributed by atoms with van der Waals surface area (Å²) >= 11 is 9.74. The summed E-state index contributed by atoms with van der Waals surface area (Å²) in [5.41, 5.74) is 4.83. The van der Waals surface area contributed by atoms with Crippen molar-refractivity contribution in [1.29, 1.82) is 0 Å². The van der Waals surface area contributed by atoms with Crippen LogP contribution in [-0.4, -0.2) is 33.6 Å². The molecule has 0 aromatic heterocycles. The predicted molar refractivity (Wildman–Crippen MR) is 139 cm³/mol. The van der Waals surface area contributed by atoms with Crippen molar-refractivity contribution >= 4 is 73.2 Å². The molecule has 33 heavy (non-hydrogen) atoms. The second-order valence-electron chi connectivity index (χ2n) is 7.70. The van der Waals surface area contributed by atoms with Gasteiger partial charge in [0.15, 0.2) is 4.32 Å². The molecule has 2 aliphatic rings. The molecule has 170 valence electrons. The molecule has 0 saturated carbocycles. The molecule has 0 atom stereocenters. The van der Waals surface area contributed by atoms with Crippen molar-refractivity contribution < 1.29 is 14.4 Å². The van der Waals surface area contributed by atoms with Crippen molar-refractivity contribution in [3.8, 4) is 0 Å². The zero-order chi connectivity index (χ0) is 23.5. The van der Waals surface area contributed by atoms with E-state index in [0.717, 1.165) is 58.2 Å². The Hall–Kier alpha value is -2.49. The summed E-state index contributed by atoms with van der Waals surface area (Å²) in [6.45, 7) is 2.74. The molecule has 9 heteroatoms. The zero-order valence-corrected chi connectivity index (χ0v) is 21.2. The van der Waals surface area contributed by atoms with Crippen molar-refractivity contribution in [3.05, 3.63) is 69.0 Å². The summed E-state index contributed by atoms with van der Waals surface area (Å²) in [7, 11) is 0. The summed E-state index contributed by atoms with van der Waals surface area (Å²) in [4.78, 5) is 41.3. The van der Waals surface area contributed by atoms with Crippen LogP contribution in [-0.2, 0) is 9.59 Å². The highest BCUT2D eigenvalue weighted by atomic mass is 79.9. The van der Waals surface area contributed by atoms with Gasteiger partial charge in [-0.25, -0.2) is 0 Å². The highest BCUT2D eigenvalue weighted by Crippen LogP contribution is 2.44. The number of benzene rings is 2. The first-order valence-electron chi connectivity index (χ1n) is 10.7. The first-order chi connectivity index (χ1) is 15.9.